The monoisotopic (exact) mass is 366 g/mol. The van der Waals surface area contributed by atoms with Crippen LogP contribution in [0.5, 0.6) is 0 Å². The summed E-state index contributed by atoms with van der Waals surface area (Å²) >= 11 is 6.26. The largest absolute Gasteiger partial charge is 0.313 e. The van der Waals surface area contributed by atoms with Crippen molar-refractivity contribution in [1.82, 2.24) is 9.62 Å². The smallest absolute Gasteiger partial charge is 0.243 e. The van der Waals surface area contributed by atoms with Gasteiger partial charge in [-0.15, -0.1) is 0 Å². The minimum absolute atomic E-state index is 0.213. The van der Waals surface area contributed by atoms with Crippen LogP contribution in [0.2, 0.25) is 5.02 Å². The molecule has 1 N–H and O–H groups in total. The molecule has 0 amide bonds. The lowest BCUT2D eigenvalue weighted by Gasteiger charge is -2.18. The standard InChI is InChI=1S/C18H23ClN2O2S/c1-3-11-20-13-16-9-10-17(12-18(16)19)24(22,23)21(2)14-15-7-5-4-6-8-15/h4-10,12,20H,3,11,13-14H2,1-2H3. The van der Waals surface area contributed by atoms with Gasteiger partial charge in [0.25, 0.3) is 0 Å². The van der Waals surface area contributed by atoms with Crippen LogP contribution in [0.25, 0.3) is 0 Å². The average molecular weight is 367 g/mol. The van der Waals surface area contributed by atoms with Gasteiger partial charge in [-0.25, -0.2) is 8.42 Å². The second kappa shape index (κ2) is 8.62. The van der Waals surface area contributed by atoms with Crippen LogP contribution in [0.15, 0.2) is 53.4 Å². The van der Waals surface area contributed by atoms with Crippen molar-refractivity contribution in [3.8, 4) is 0 Å². The van der Waals surface area contributed by atoms with Gasteiger partial charge in [0.05, 0.1) is 4.90 Å². The molecule has 2 aromatic carbocycles. The molecule has 0 aliphatic rings. The predicted octanol–water partition coefficient (Wildman–Crippen LogP) is 3.66. The Morgan fingerprint density at radius 1 is 1.12 bits per heavy atom. The molecule has 0 heterocycles. The maximum Gasteiger partial charge on any atom is 0.243 e. The highest BCUT2D eigenvalue weighted by molar-refractivity contribution is 7.89. The van der Waals surface area contributed by atoms with E-state index < -0.39 is 10.0 Å². The van der Waals surface area contributed by atoms with Crippen LogP contribution in [0.1, 0.15) is 24.5 Å². The zero-order chi connectivity index (χ0) is 17.6. The summed E-state index contributed by atoms with van der Waals surface area (Å²) in [7, 11) is -2.00. The van der Waals surface area contributed by atoms with Crippen LogP contribution in [-0.4, -0.2) is 26.3 Å². The van der Waals surface area contributed by atoms with Crippen molar-refractivity contribution in [2.75, 3.05) is 13.6 Å². The van der Waals surface area contributed by atoms with Crippen LogP contribution in [-0.2, 0) is 23.1 Å². The summed E-state index contributed by atoms with van der Waals surface area (Å²) in [6, 6.07) is 14.4. The highest BCUT2D eigenvalue weighted by Crippen LogP contribution is 2.23. The van der Waals surface area contributed by atoms with Gasteiger partial charge in [-0.2, -0.15) is 4.31 Å². The SMILES string of the molecule is CCCNCc1ccc(S(=O)(=O)N(C)Cc2ccccc2)cc1Cl. The van der Waals surface area contributed by atoms with Gasteiger partial charge in [-0.05, 0) is 36.2 Å². The van der Waals surface area contributed by atoms with E-state index in [1.807, 2.05) is 30.3 Å². The van der Waals surface area contributed by atoms with Crippen molar-refractivity contribution in [1.29, 1.82) is 0 Å². The third kappa shape index (κ3) is 4.80. The zero-order valence-electron chi connectivity index (χ0n) is 14.0. The lowest BCUT2D eigenvalue weighted by molar-refractivity contribution is 0.466. The summed E-state index contributed by atoms with van der Waals surface area (Å²) in [6.45, 7) is 3.94. The second-order valence-corrected chi connectivity index (χ2v) is 8.13. The van der Waals surface area contributed by atoms with Crippen molar-refractivity contribution in [3.63, 3.8) is 0 Å². The molecule has 0 aromatic heterocycles. The van der Waals surface area contributed by atoms with Gasteiger partial charge in [-0.3, -0.25) is 0 Å². The summed E-state index contributed by atoms with van der Waals surface area (Å²) in [5, 5.41) is 3.73. The number of benzene rings is 2. The Kier molecular flexibility index (Phi) is 6.80. The molecule has 0 aliphatic heterocycles. The van der Waals surface area contributed by atoms with E-state index >= 15 is 0 Å². The van der Waals surface area contributed by atoms with Crippen molar-refractivity contribution < 1.29 is 8.42 Å². The molecular formula is C18H23ClN2O2S. The van der Waals surface area contributed by atoms with Gasteiger partial charge in [0.15, 0.2) is 0 Å². The van der Waals surface area contributed by atoms with Crippen LogP contribution < -0.4 is 5.32 Å². The first-order chi connectivity index (χ1) is 11.4. The number of rotatable bonds is 8. The third-order valence-electron chi connectivity index (χ3n) is 3.72. The molecule has 0 spiro atoms. The predicted molar refractivity (Wildman–Crippen MR) is 98.5 cm³/mol. The highest BCUT2D eigenvalue weighted by Gasteiger charge is 2.21. The van der Waals surface area contributed by atoms with Gasteiger partial charge in [0.1, 0.15) is 0 Å². The Bertz CT molecular complexity index is 764. The minimum atomic E-state index is -3.57. The molecule has 6 heteroatoms. The van der Waals surface area contributed by atoms with E-state index in [-0.39, 0.29) is 4.90 Å². The van der Waals surface area contributed by atoms with Gasteiger partial charge < -0.3 is 5.32 Å². The van der Waals surface area contributed by atoms with Crippen molar-refractivity contribution >= 4 is 21.6 Å². The number of hydrogen-bond donors (Lipinski definition) is 1. The molecule has 0 radical (unpaired) electrons. The highest BCUT2D eigenvalue weighted by atomic mass is 35.5. The first-order valence-electron chi connectivity index (χ1n) is 7.94. The molecule has 0 bridgehead atoms. The van der Waals surface area contributed by atoms with Crippen LogP contribution >= 0.6 is 11.6 Å². The summed E-state index contributed by atoms with van der Waals surface area (Å²) in [6.07, 6.45) is 1.04. The van der Waals surface area contributed by atoms with Crippen LogP contribution in [0.3, 0.4) is 0 Å². The van der Waals surface area contributed by atoms with Gasteiger partial charge in [0, 0.05) is 25.2 Å². The molecule has 2 rings (SSSR count). The van der Waals surface area contributed by atoms with E-state index in [9.17, 15) is 8.42 Å². The third-order valence-corrected chi connectivity index (χ3v) is 5.87. The fourth-order valence-corrected chi connectivity index (χ4v) is 3.83. The van der Waals surface area contributed by atoms with Gasteiger partial charge in [0.2, 0.25) is 10.0 Å². The second-order valence-electron chi connectivity index (χ2n) is 5.68. The Balaban J connectivity index is 2.15. The van der Waals surface area contributed by atoms with E-state index in [0.717, 1.165) is 24.1 Å². The van der Waals surface area contributed by atoms with E-state index in [4.69, 9.17) is 11.6 Å². The molecule has 0 unspecified atom stereocenters. The molecule has 0 atom stereocenters. The molecule has 0 saturated carbocycles. The number of sulfonamides is 1. The van der Waals surface area contributed by atoms with Crippen molar-refractivity contribution in [3.05, 3.63) is 64.7 Å². The van der Waals surface area contributed by atoms with E-state index in [1.165, 1.54) is 10.4 Å². The molecule has 4 nitrogen and oxygen atoms in total. The Morgan fingerprint density at radius 3 is 2.46 bits per heavy atom. The number of hydrogen-bond acceptors (Lipinski definition) is 3. The zero-order valence-corrected chi connectivity index (χ0v) is 15.6. The fourth-order valence-electron chi connectivity index (χ4n) is 2.34. The molecule has 2 aromatic rings. The molecule has 0 aliphatic carbocycles. The van der Waals surface area contributed by atoms with Gasteiger partial charge in [-0.1, -0.05) is 54.9 Å². The fraction of sp³-hybridized carbons (Fsp3) is 0.333. The first kappa shape index (κ1) is 18.9. The Labute approximate surface area is 149 Å². The van der Waals surface area contributed by atoms with Gasteiger partial charge >= 0.3 is 0 Å². The number of halogens is 1. The Morgan fingerprint density at radius 2 is 1.83 bits per heavy atom. The minimum Gasteiger partial charge on any atom is -0.313 e. The quantitative estimate of drug-likeness (QED) is 0.725. The maximum absolute atomic E-state index is 12.7. The molecule has 24 heavy (non-hydrogen) atoms. The topological polar surface area (TPSA) is 49.4 Å². The normalized spacial score (nSPS) is 11.8. The maximum atomic E-state index is 12.7. The van der Waals surface area contributed by atoms with E-state index in [1.54, 1.807) is 19.2 Å². The summed E-state index contributed by atoms with van der Waals surface area (Å²) in [5.41, 5.74) is 1.84. The van der Waals surface area contributed by atoms with Crippen LogP contribution in [0.4, 0.5) is 0 Å². The lowest BCUT2D eigenvalue weighted by Crippen LogP contribution is -2.26. The average Bonchev–Trinajstić information content (AvgIpc) is 2.57. The molecule has 130 valence electrons. The lowest BCUT2D eigenvalue weighted by atomic mass is 10.2. The van der Waals surface area contributed by atoms with Crippen molar-refractivity contribution in [2.45, 2.75) is 31.3 Å². The Hall–Kier alpha value is -1.40. The first-order valence-corrected chi connectivity index (χ1v) is 9.76. The molecule has 0 fully saturated rings. The summed E-state index contributed by atoms with van der Waals surface area (Å²) in [5.74, 6) is 0. The van der Waals surface area contributed by atoms with Crippen LogP contribution in [0, 0.1) is 0 Å². The van der Waals surface area contributed by atoms with E-state index in [0.29, 0.717) is 18.1 Å². The van der Waals surface area contributed by atoms with Crippen molar-refractivity contribution in [2.24, 2.45) is 0 Å². The summed E-state index contributed by atoms with van der Waals surface area (Å²) < 4.78 is 26.8. The molecule has 0 saturated heterocycles. The number of nitrogens with one attached hydrogen (secondary N) is 1. The number of nitrogens with zero attached hydrogens (tertiary/aromatic N) is 1. The van der Waals surface area contributed by atoms with E-state index in [2.05, 4.69) is 12.2 Å². The molecular weight excluding hydrogens is 344 g/mol. The summed E-state index contributed by atoms with van der Waals surface area (Å²) in [4.78, 5) is 0.213.